The van der Waals surface area contributed by atoms with Crippen molar-refractivity contribution in [2.24, 2.45) is 7.05 Å². The van der Waals surface area contributed by atoms with Crippen LogP contribution in [0, 0.1) is 13.8 Å². The normalized spacial score (nSPS) is 11.8. The molecule has 0 N–H and O–H groups in total. The summed E-state index contributed by atoms with van der Waals surface area (Å²) in [6.07, 6.45) is -1.09. The van der Waals surface area contributed by atoms with Gasteiger partial charge in [-0.25, -0.2) is 4.68 Å². The minimum atomic E-state index is -4.55. The number of ketones is 1. The third kappa shape index (κ3) is 6.19. The molecule has 0 atom stereocenters. The van der Waals surface area contributed by atoms with Crippen LogP contribution in [-0.4, -0.2) is 69.7 Å². The van der Waals surface area contributed by atoms with Gasteiger partial charge in [0.2, 0.25) is 0 Å². The molecular weight excluding hydrogens is 507 g/mol. The van der Waals surface area contributed by atoms with E-state index >= 15 is 0 Å². The van der Waals surface area contributed by atoms with E-state index in [0.717, 1.165) is 34.6 Å². The van der Waals surface area contributed by atoms with Crippen LogP contribution in [0.25, 0.3) is 16.9 Å². The molecule has 0 bridgehead atoms. The zero-order valence-electron chi connectivity index (χ0n) is 22.9. The van der Waals surface area contributed by atoms with Crippen molar-refractivity contribution in [1.29, 1.82) is 0 Å². The Hall–Kier alpha value is -3.99. The Morgan fingerprint density at radius 2 is 1.77 bits per heavy atom. The quantitative estimate of drug-likeness (QED) is 0.287. The summed E-state index contributed by atoms with van der Waals surface area (Å²) in [6.45, 7) is 5.10. The molecule has 0 unspecified atom stereocenters. The maximum Gasteiger partial charge on any atom is 0.416 e. The van der Waals surface area contributed by atoms with E-state index in [9.17, 15) is 18.0 Å². The van der Waals surface area contributed by atoms with Crippen LogP contribution in [0.15, 0.2) is 48.8 Å². The highest BCUT2D eigenvalue weighted by Gasteiger charge is 2.32. The number of carbonyl (C=O) groups is 1. The predicted molar refractivity (Wildman–Crippen MR) is 144 cm³/mol. The summed E-state index contributed by atoms with van der Waals surface area (Å²) in [4.78, 5) is 17.3. The Labute approximate surface area is 225 Å². The van der Waals surface area contributed by atoms with Crippen molar-refractivity contribution in [2.45, 2.75) is 26.4 Å². The molecule has 206 valence electrons. The molecule has 4 aromatic rings. The van der Waals surface area contributed by atoms with Crippen LogP contribution in [0.2, 0.25) is 0 Å². The average molecular weight is 540 g/mol. The van der Waals surface area contributed by atoms with Crippen LogP contribution < -0.4 is 4.90 Å². The predicted octanol–water partition coefficient (Wildman–Crippen LogP) is 4.73. The number of aromatic nitrogens is 5. The number of alkyl halides is 3. The van der Waals surface area contributed by atoms with Gasteiger partial charge in [-0.15, -0.1) is 5.10 Å². The SMILES string of the molecule is Cc1ccc(CC(=O)c2cc(C(F)(F)F)ccc2N(C)CCN(C)C)cc1-n1cc(-c2cnn(C)c2C)nn1. The molecule has 0 spiro atoms. The third-order valence-electron chi connectivity index (χ3n) is 6.81. The third-order valence-corrected chi connectivity index (χ3v) is 6.81. The number of rotatable bonds is 9. The van der Waals surface area contributed by atoms with E-state index in [2.05, 4.69) is 15.4 Å². The molecule has 0 saturated carbocycles. The second kappa shape index (κ2) is 11.0. The van der Waals surface area contributed by atoms with Crippen molar-refractivity contribution in [3.05, 3.63) is 76.7 Å². The smallest absolute Gasteiger partial charge is 0.373 e. The van der Waals surface area contributed by atoms with Crippen LogP contribution >= 0.6 is 0 Å². The van der Waals surface area contributed by atoms with E-state index in [1.165, 1.54) is 6.07 Å². The molecule has 0 aliphatic carbocycles. The highest BCUT2D eigenvalue weighted by atomic mass is 19.4. The lowest BCUT2D eigenvalue weighted by atomic mass is 9.97. The Bertz CT molecular complexity index is 1490. The first-order valence-electron chi connectivity index (χ1n) is 12.5. The van der Waals surface area contributed by atoms with E-state index < -0.39 is 17.5 Å². The largest absolute Gasteiger partial charge is 0.416 e. The summed E-state index contributed by atoms with van der Waals surface area (Å²) in [5.74, 6) is -0.395. The minimum absolute atomic E-state index is 0.0447. The molecule has 0 amide bonds. The average Bonchev–Trinajstić information content (AvgIpc) is 3.49. The fourth-order valence-corrected chi connectivity index (χ4v) is 4.29. The fraction of sp³-hybridized carbons (Fsp3) is 0.357. The van der Waals surface area contributed by atoms with E-state index in [1.807, 2.05) is 63.0 Å². The first kappa shape index (κ1) is 28.0. The van der Waals surface area contributed by atoms with Gasteiger partial charge in [-0.05, 0) is 63.3 Å². The number of nitrogens with zero attached hydrogens (tertiary/aromatic N) is 7. The van der Waals surface area contributed by atoms with Gasteiger partial charge in [-0.3, -0.25) is 9.48 Å². The van der Waals surface area contributed by atoms with Crippen molar-refractivity contribution >= 4 is 11.5 Å². The van der Waals surface area contributed by atoms with E-state index in [-0.39, 0.29) is 12.0 Å². The van der Waals surface area contributed by atoms with Crippen LogP contribution in [-0.2, 0) is 19.6 Å². The lowest BCUT2D eigenvalue weighted by molar-refractivity contribution is -0.137. The zero-order chi connectivity index (χ0) is 28.5. The highest BCUT2D eigenvalue weighted by molar-refractivity contribution is 6.02. The van der Waals surface area contributed by atoms with Crippen LogP contribution in [0.5, 0.6) is 0 Å². The molecule has 11 heteroatoms. The van der Waals surface area contributed by atoms with Crippen molar-refractivity contribution in [3.8, 4) is 16.9 Å². The number of benzene rings is 2. The molecule has 39 heavy (non-hydrogen) atoms. The van der Waals surface area contributed by atoms with Gasteiger partial charge in [0.15, 0.2) is 5.78 Å². The topological polar surface area (TPSA) is 72.1 Å². The van der Waals surface area contributed by atoms with E-state index in [4.69, 9.17) is 0 Å². The van der Waals surface area contributed by atoms with Gasteiger partial charge >= 0.3 is 6.18 Å². The Morgan fingerprint density at radius 3 is 2.41 bits per heavy atom. The maximum atomic E-state index is 13.5. The van der Waals surface area contributed by atoms with Gasteiger partial charge < -0.3 is 9.80 Å². The number of halogens is 3. The van der Waals surface area contributed by atoms with Gasteiger partial charge in [0.1, 0.15) is 5.69 Å². The van der Waals surface area contributed by atoms with Crippen molar-refractivity contribution in [1.82, 2.24) is 29.7 Å². The number of aryl methyl sites for hydroxylation is 2. The van der Waals surface area contributed by atoms with E-state index in [0.29, 0.717) is 30.0 Å². The van der Waals surface area contributed by atoms with Gasteiger partial charge in [-0.1, -0.05) is 17.3 Å². The number of hydrogen-bond acceptors (Lipinski definition) is 6. The molecule has 2 aromatic carbocycles. The molecule has 0 saturated heterocycles. The summed E-state index contributed by atoms with van der Waals surface area (Å²) >= 11 is 0. The summed E-state index contributed by atoms with van der Waals surface area (Å²) in [5, 5.41) is 12.8. The Morgan fingerprint density at radius 1 is 1.03 bits per heavy atom. The number of anilines is 1. The van der Waals surface area contributed by atoms with Crippen LogP contribution in [0.1, 0.15) is 32.7 Å². The maximum absolute atomic E-state index is 13.5. The molecular formula is C28H32F3N7O. The summed E-state index contributed by atoms with van der Waals surface area (Å²) in [6, 6.07) is 8.86. The minimum Gasteiger partial charge on any atom is -0.373 e. The van der Waals surface area contributed by atoms with E-state index in [1.54, 1.807) is 28.8 Å². The Balaban J connectivity index is 1.64. The molecule has 0 aliphatic heterocycles. The molecule has 0 fully saturated rings. The first-order chi connectivity index (χ1) is 18.3. The summed E-state index contributed by atoms with van der Waals surface area (Å²) in [5.41, 5.74) is 4.44. The fourth-order valence-electron chi connectivity index (χ4n) is 4.29. The van der Waals surface area contributed by atoms with Gasteiger partial charge in [-0.2, -0.15) is 18.3 Å². The number of carbonyl (C=O) groups excluding carboxylic acids is 1. The molecule has 4 rings (SSSR count). The second-order valence-electron chi connectivity index (χ2n) is 9.99. The highest BCUT2D eigenvalue weighted by Crippen LogP contribution is 2.33. The second-order valence-corrected chi connectivity index (χ2v) is 9.99. The molecule has 0 radical (unpaired) electrons. The zero-order valence-corrected chi connectivity index (χ0v) is 22.9. The summed E-state index contributed by atoms with van der Waals surface area (Å²) in [7, 11) is 7.46. The molecule has 0 aliphatic rings. The lowest BCUT2D eigenvalue weighted by Crippen LogP contribution is -2.29. The molecule has 2 heterocycles. The van der Waals surface area contributed by atoms with Crippen LogP contribution in [0.3, 0.4) is 0 Å². The lowest BCUT2D eigenvalue weighted by Gasteiger charge is -2.24. The van der Waals surface area contributed by atoms with Crippen molar-refractivity contribution < 1.29 is 18.0 Å². The molecule has 2 aromatic heterocycles. The monoisotopic (exact) mass is 539 g/mol. The first-order valence-corrected chi connectivity index (χ1v) is 12.5. The number of likely N-dealkylation sites (N-methyl/N-ethyl adjacent to an activating group) is 2. The van der Waals surface area contributed by atoms with Gasteiger partial charge in [0, 0.05) is 56.1 Å². The van der Waals surface area contributed by atoms with Crippen LogP contribution in [0.4, 0.5) is 18.9 Å². The van der Waals surface area contributed by atoms with Crippen molar-refractivity contribution in [2.75, 3.05) is 39.1 Å². The summed E-state index contributed by atoms with van der Waals surface area (Å²) < 4.78 is 44.0. The van der Waals surface area contributed by atoms with Gasteiger partial charge in [0.25, 0.3) is 0 Å². The van der Waals surface area contributed by atoms with Gasteiger partial charge in [0.05, 0.1) is 23.6 Å². The van der Waals surface area contributed by atoms with Crippen molar-refractivity contribution in [3.63, 3.8) is 0 Å². The molecule has 8 nitrogen and oxygen atoms in total. The Kier molecular flexibility index (Phi) is 7.91. The number of hydrogen-bond donors (Lipinski definition) is 0. The standard InChI is InChI=1S/C28H32F3N7O/c1-18-7-8-20(13-26(18)38-17-24(33-34-38)23-16-32-37(6)19(23)2)14-27(39)22-15-21(28(29,30)31)9-10-25(22)36(5)12-11-35(3)4/h7-10,13,15-17H,11-12,14H2,1-6H3. The number of Topliss-reactive ketones (excluding diaryl/α,β-unsaturated/α-hetero) is 1.